The van der Waals surface area contributed by atoms with E-state index in [9.17, 15) is 0 Å². The van der Waals surface area contributed by atoms with Gasteiger partial charge in [-0.2, -0.15) is 11.3 Å². The summed E-state index contributed by atoms with van der Waals surface area (Å²) in [5, 5.41) is 12.8. The minimum Gasteiger partial charge on any atom is -0.396 e. The fourth-order valence-corrected chi connectivity index (χ4v) is 1.44. The van der Waals surface area contributed by atoms with Crippen LogP contribution in [0.4, 0.5) is 0 Å². The van der Waals surface area contributed by atoms with Gasteiger partial charge in [-0.3, -0.25) is 0 Å². The monoisotopic (exact) mass is 142 g/mol. The van der Waals surface area contributed by atoms with E-state index in [4.69, 9.17) is 5.11 Å². The van der Waals surface area contributed by atoms with Gasteiger partial charge in [0.15, 0.2) is 0 Å². The van der Waals surface area contributed by atoms with Crippen LogP contribution in [0.15, 0.2) is 16.8 Å². The van der Waals surface area contributed by atoms with Crippen LogP contribution in [0.2, 0.25) is 0 Å². The Hall–Kier alpha value is -0.340. The van der Waals surface area contributed by atoms with Gasteiger partial charge in [-0.15, -0.1) is 0 Å². The van der Waals surface area contributed by atoms with E-state index in [0.717, 1.165) is 0 Å². The molecule has 50 valence electrons. The third-order valence-corrected chi connectivity index (χ3v) is 2.09. The molecule has 0 fully saturated rings. The van der Waals surface area contributed by atoms with E-state index in [1.807, 2.05) is 18.4 Å². The second-order valence-corrected chi connectivity index (χ2v) is 2.92. The van der Waals surface area contributed by atoms with Gasteiger partial charge in [-0.1, -0.05) is 6.92 Å². The summed E-state index contributed by atoms with van der Waals surface area (Å²) in [6, 6.07) is 2.05. The molecule has 0 bridgehead atoms. The first kappa shape index (κ1) is 6.78. The minimum atomic E-state index is 0.247. The van der Waals surface area contributed by atoms with Crippen LogP contribution in [-0.2, 0) is 0 Å². The van der Waals surface area contributed by atoms with E-state index in [-0.39, 0.29) is 6.61 Å². The number of aliphatic hydroxyl groups is 1. The first-order chi connectivity index (χ1) is 4.34. The van der Waals surface area contributed by atoms with Crippen molar-refractivity contribution < 1.29 is 5.11 Å². The maximum absolute atomic E-state index is 8.71. The molecular weight excluding hydrogens is 132 g/mol. The molecule has 0 aromatic carbocycles. The molecule has 0 aliphatic heterocycles. The van der Waals surface area contributed by atoms with Crippen LogP contribution in [0, 0.1) is 0 Å². The predicted octanol–water partition coefficient (Wildman–Crippen LogP) is 1.84. The Morgan fingerprint density at radius 2 is 2.56 bits per heavy atom. The van der Waals surface area contributed by atoms with E-state index in [1.165, 1.54) is 5.56 Å². The summed E-state index contributed by atoms with van der Waals surface area (Å²) in [5.41, 5.74) is 1.24. The second kappa shape index (κ2) is 2.99. The summed E-state index contributed by atoms with van der Waals surface area (Å²) >= 11 is 1.67. The molecule has 0 amide bonds. The molecule has 0 radical (unpaired) electrons. The first-order valence-corrected chi connectivity index (χ1v) is 3.92. The summed E-state index contributed by atoms with van der Waals surface area (Å²) < 4.78 is 0. The van der Waals surface area contributed by atoms with Gasteiger partial charge < -0.3 is 5.11 Å². The quantitative estimate of drug-likeness (QED) is 0.668. The van der Waals surface area contributed by atoms with E-state index >= 15 is 0 Å². The summed E-state index contributed by atoms with van der Waals surface area (Å²) in [6.07, 6.45) is 0. The molecule has 9 heavy (non-hydrogen) atoms. The molecule has 1 atom stereocenters. The van der Waals surface area contributed by atoms with Gasteiger partial charge in [0.2, 0.25) is 0 Å². The van der Waals surface area contributed by atoms with Crippen molar-refractivity contribution in [3.63, 3.8) is 0 Å². The van der Waals surface area contributed by atoms with Crippen LogP contribution in [0.1, 0.15) is 18.4 Å². The maximum Gasteiger partial charge on any atom is 0.0497 e. The summed E-state index contributed by atoms with van der Waals surface area (Å²) in [5.74, 6) is 0.302. The minimum absolute atomic E-state index is 0.247. The van der Waals surface area contributed by atoms with Crippen LogP contribution in [0.5, 0.6) is 0 Å². The smallest absolute Gasteiger partial charge is 0.0497 e. The lowest BCUT2D eigenvalue weighted by molar-refractivity contribution is 0.273. The van der Waals surface area contributed by atoms with E-state index in [1.54, 1.807) is 11.3 Å². The largest absolute Gasteiger partial charge is 0.396 e. The van der Waals surface area contributed by atoms with Crippen molar-refractivity contribution >= 4 is 11.3 Å². The van der Waals surface area contributed by atoms with Gasteiger partial charge in [0, 0.05) is 12.5 Å². The van der Waals surface area contributed by atoms with Crippen LogP contribution < -0.4 is 0 Å². The second-order valence-electron chi connectivity index (χ2n) is 2.14. The van der Waals surface area contributed by atoms with Crippen molar-refractivity contribution in [1.82, 2.24) is 0 Å². The maximum atomic E-state index is 8.71. The first-order valence-electron chi connectivity index (χ1n) is 2.97. The molecule has 0 unspecified atom stereocenters. The molecule has 0 saturated carbocycles. The van der Waals surface area contributed by atoms with Crippen molar-refractivity contribution in [1.29, 1.82) is 0 Å². The van der Waals surface area contributed by atoms with E-state index in [2.05, 4.69) is 5.38 Å². The number of aliphatic hydroxyl groups excluding tert-OH is 1. The highest BCUT2D eigenvalue weighted by atomic mass is 32.1. The third-order valence-electron chi connectivity index (χ3n) is 1.39. The zero-order valence-electron chi connectivity index (χ0n) is 5.37. The van der Waals surface area contributed by atoms with Crippen molar-refractivity contribution in [3.05, 3.63) is 22.4 Å². The van der Waals surface area contributed by atoms with Gasteiger partial charge in [0.05, 0.1) is 0 Å². The van der Waals surface area contributed by atoms with E-state index in [0.29, 0.717) is 5.92 Å². The summed E-state index contributed by atoms with van der Waals surface area (Å²) in [6.45, 7) is 2.26. The van der Waals surface area contributed by atoms with Crippen molar-refractivity contribution in [2.75, 3.05) is 6.61 Å². The highest BCUT2D eigenvalue weighted by Crippen LogP contribution is 2.16. The number of thiophene rings is 1. The van der Waals surface area contributed by atoms with Gasteiger partial charge in [0.25, 0.3) is 0 Å². The van der Waals surface area contributed by atoms with Crippen LogP contribution in [-0.4, -0.2) is 11.7 Å². The Morgan fingerprint density at radius 3 is 3.00 bits per heavy atom. The van der Waals surface area contributed by atoms with Gasteiger partial charge in [-0.05, 0) is 22.4 Å². The van der Waals surface area contributed by atoms with Gasteiger partial charge in [0.1, 0.15) is 0 Å². The molecule has 0 aliphatic carbocycles. The highest BCUT2D eigenvalue weighted by Gasteiger charge is 2.01. The number of hydrogen-bond donors (Lipinski definition) is 1. The molecule has 0 saturated heterocycles. The highest BCUT2D eigenvalue weighted by molar-refractivity contribution is 7.07. The van der Waals surface area contributed by atoms with Crippen LogP contribution >= 0.6 is 11.3 Å². The molecule has 1 N–H and O–H groups in total. The normalized spacial score (nSPS) is 13.6. The molecule has 1 heterocycles. The van der Waals surface area contributed by atoms with Crippen molar-refractivity contribution in [2.45, 2.75) is 12.8 Å². The molecule has 2 heteroatoms. The number of rotatable bonds is 2. The molecule has 1 aromatic rings. The molecular formula is C7H10OS. The lowest BCUT2D eigenvalue weighted by Gasteiger charge is -2.01. The molecule has 1 aromatic heterocycles. The molecule has 0 aliphatic rings. The van der Waals surface area contributed by atoms with E-state index < -0.39 is 0 Å². The Morgan fingerprint density at radius 1 is 1.78 bits per heavy atom. The molecule has 1 nitrogen and oxygen atoms in total. The summed E-state index contributed by atoms with van der Waals surface area (Å²) in [7, 11) is 0. The van der Waals surface area contributed by atoms with Crippen LogP contribution in [0.25, 0.3) is 0 Å². The summed E-state index contributed by atoms with van der Waals surface area (Å²) in [4.78, 5) is 0. The number of hydrogen-bond acceptors (Lipinski definition) is 2. The predicted molar refractivity (Wildman–Crippen MR) is 39.8 cm³/mol. The Balaban J connectivity index is 2.65. The average molecular weight is 142 g/mol. The fourth-order valence-electron chi connectivity index (χ4n) is 0.661. The Labute approximate surface area is 59.0 Å². The van der Waals surface area contributed by atoms with Crippen LogP contribution in [0.3, 0.4) is 0 Å². The standard InChI is InChI=1S/C7H10OS/c1-6(4-8)7-2-3-9-5-7/h2-3,5-6,8H,4H2,1H3/t6-/m0/s1. The van der Waals surface area contributed by atoms with Crippen molar-refractivity contribution in [2.24, 2.45) is 0 Å². The Kier molecular flexibility index (Phi) is 2.25. The molecule has 0 spiro atoms. The van der Waals surface area contributed by atoms with Gasteiger partial charge in [-0.25, -0.2) is 0 Å². The fraction of sp³-hybridized carbons (Fsp3) is 0.429. The topological polar surface area (TPSA) is 20.2 Å². The zero-order chi connectivity index (χ0) is 6.69. The third kappa shape index (κ3) is 1.53. The SMILES string of the molecule is C[C@@H](CO)c1ccsc1. The zero-order valence-corrected chi connectivity index (χ0v) is 6.19. The lowest BCUT2D eigenvalue weighted by atomic mass is 10.1. The lowest BCUT2D eigenvalue weighted by Crippen LogP contribution is -1.95. The van der Waals surface area contributed by atoms with Gasteiger partial charge >= 0.3 is 0 Å². The Bertz CT molecular complexity index is 157. The molecule has 1 rings (SSSR count). The average Bonchev–Trinajstić information content (AvgIpc) is 2.37. The van der Waals surface area contributed by atoms with Crippen molar-refractivity contribution in [3.8, 4) is 0 Å².